The number of piperidine rings is 1. The fourth-order valence-electron chi connectivity index (χ4n) is 3.49. The highest BCUT2D eigenvalue weighted by Gasteiger charge is 2.30. The van der Waals surface area contributed by atoms with Crippen LogP contribution in [0.4, 0.5) is 0 Å². The third-order valence-electron chi connectivity index (χ3n) is 4.84. The molecule has 23 heavy (non-hydrogen) atoms. The molecule has 5 heteroatoms. The summed E-state index contributed by atoms with van der Waals surface area (Å²) in [5, 5.41) is 3.06. The molecule has 1 aromatic rings. The van der Waals surface area contributed by atoms with E-state index in [4.69, 9.17) is 0 Å². The average molecular weight is 316 g/mol. The number of hydrogen-bond donors (Lipinski definition) is 1. The number of amides is 1. The number of rotatable bonds is 5. The molecule has 1 saturated carbocycles. The third-order valence-corrected chi connectivity index (χ3v) is 4.84. The van der Waals surface area contributed by atoms with Crippen LogP contribution in [0.2, 0.25) is 0 Å². The summed E-state index contributed by atoms with van der Waals surface area (Å²) in [7, 11) is 0. The zero-order chi connectivity index (χ0) is 16.4. The first-order valence-corrected chi connectivity index (χ1v) is 8.79. The van der Waals surface area contributed by atoms with Crippen molar-refractivity contribution in [3.05, 3.63) is 23.3 Å². The summed E-state index contributed by atoms with van der Waals surface area (Å²) in [5.74, 6) is 1.18. The number of hydrogen-bond acceptors (Lipinski definition) is 4. The van der Waals surface area contributed by atoms with E-state index in [0.717, 1.165) is 44.0 Å². The lowest BCUT2D eigenvalue weighted by atomic mass is 9.84. The van der Waals surface area contributed by atoms with Crippen LogP contribution in [0.1, 0.15) is 67.3 Å². The maximum atomic E-state index is 12.5. The molecule has 0 radical (unpaired) electrons. The molecule has 1 aliphatic heterocycles. The van der Waals surface area contributed by atoms with Gasteiger partial charge in [-0.3, -0.25) is 4.79 Å². The smallest absolute Gasteiger partial charge is 0.254 e. The molecule has 2 fully saturated rings. The van der Waals surface area contributed by atoms with Gasteiger partial charge in [0.05, 0.1) is 11.3 Å². The number of nitrogens with zero attached hydrogens (tertiary/aromatic N) is 3. The van der Waals surface area contributed by atoms with Crippen LogP contribution in [0.3, 0.4) is 0 Å². The van der Waals surface area contributed by atoms with Crippen molar-refractivity contribution < 1.29 is 4.79 Å². The van der Waals surface area contributed by atoms with Crippen LogP contribution in [0.5, 0.6) is 0 Å². The van der Waals surface area contributed by atoms with Gasteiger partial charge >= 0.3 is 0 Å². The average Bonchev–Trinajstić information content (AvgIpc) is 3.30. The number of aromatic nitrogens is 2. The molecule has 0 aromatic carbocycles. The van der Waals surface area contributed by atoms with Gasteiger partial charge in [-0.05, 0) is 44.6 Å². The van der Waals surface area contributed by atoms with E-state index >= 15 is 0 Å². The summed E-state index contributed by atoms with van der Waals surface area (Å²) in [5.41, 5.74) is 2.00. The SMILES string of the molecule is Cc1ncc(C(=O)NCCN2CCCC(C)(C)C2)c(C2CC2)n1. The molecule has 0 spiro atoms. The first kappa shape index (κ1) is 16.4. The Kier molecular flexibility index (Phi) is 4.67. The van der Waals surface area contributed by atoms with Gasteiger partial charge in [-0.1, -0.05) is 13.8 Å². The van der Waals surface area contributed by atoms with Gasteiger partial charge in [0.15, 0.2) is 0 Å². The Bertz CT molecular complexity index is 580. The molecular weight excluding hydrogens is 288 g/mol. The number of aryl methyl sites for hydroxylation is 1. The van der Waals surface area contributed by atoms with E-state index in [9.17, 15) is 4.79 Å². The fraction of sp³-hybridized carbons (Fsp3) is 0.722. The van der Waals surface area contributed by atoms with Crippen molar-refractivity contribution in [2.75, 3.05) is 26.2 Å². The largest absolute Gasteiger partial charge is 0.351 e. The van der Waals surface area contributed by atoms with E-state index < -0.39 is 0 Å². The second kappa shape index (κ2) is 6.56. The van der Waals surface area contributed by atoms with Crippen molar-refractivity contribution in [2.24, 2.45) is 5.41 Å². The maximum absolute atomic E-state index is 12.5. The molecule has 3 rings (SSSR count). The molecule has 1 saturated heterocycles. The van der Waals surface area contributed by atoms with E-state index in [0.29, 0.717) is 23.4 Å². The zero-order valence-electron chi connectivity index (χ0n) is 14.6. The topological polar surface area (TPSA) is 58.1 Å². The van der Waals surface area contributed by atoms with Gasteiger partial charge in [0.25, 0.3) is 5.91 Å². The quantitative estimate of drug-likeness (QED) is 0.907. The lowest BCUT2D eigenvalue weighted by molar-refractivity contribution is 0.0924. The van der Waals surface area contributed by atoms with Crippen LogP contribution in [0, 0.1) is 12.3 Å². The second-order valence-corrected chi connectivity index (χ2v) is 7.79. The maximum Gasteiger partial charge on any atom is 0.254 e. The van der Waals surface area contributed by atoms with Gasteiger partial charge in [0.2, 0.25) is 0 Å². The monoisotopic (exact) mass is 316 g/mol. The molecule has 1 aromatic heterocycles. The molecule has 0 bridgehead atoms. The number of carbonyl (C=O) groups excluding carboxylic acids is 1. The summed E-state index contributed by atoms with van der Waals surface area (Å²) >= 11 is 0. The predicted octanol–water partition coefficient (Wildman–Crippen LogP) is 2.51. The van der Waals surface area contributed by atoms with E-state index in [1.54, 1.807) is 6.20 Å². The van der Waals surface area contributed by atoms with E-state index in [1.807, 2.05) is 6.92 Å². The number of carbonyl (C=O) groups is 1. The Hall–Kier alpha value is -1.49. The molecule has 1 amide bonds. The summed E-state index contributed by atoms with van der Waals surface area (Å²) < 4.78 is 0. The fourth-order valence-corrected chi connectivity index (χ4v) is 3.49. The molecule has 2 aliphatic rings. The minimum Gasteiger partial charge on any atom is -0.351 e. The van der Waals surface area contributed by atoms with Crippen LogP contribution in [0.25, 0.3) is 0 Å². The van der Waals surface area contributed by atoms with Crippen LogP contribution in [0.15, 0.2) is 6.20 Å². The summed E-state index contributed by atoms with van der Waals surface area (Å²) in [6.45, 7) is 10.4. The molecule has 1 N–H and O–H groups in total. The molecule has 2 heterocycles. The van der Waals surface area contributed by atoms with Crippen molar-refractivity contribution in [1.82, 2.24) is 20.2 Å². The van der Waals surface area contributed by atoms with Crippen molar-refractivity contribution in [3.8, 4) is 0 Å². The highest BCUT2D eigenvalue weighted by Crippen LogP contribution is 2.40. The summed E-state index contributed by atoms with van der Waals surface area (Å²) in [4.78, 5) is 23.6. The molecule has 126 valence electrons. The molecule has 5 nitrogen and oxygen atoms in total. The third kappa shape index (κ3) is 4.28. The molecule has 1 aliphatic carbocycles. The normalized spacial score (nSPS) is 21.2. The highest BCUT2D eigenvalue weighted by molar-refractivity contribution is 5.95. The van der Waals surface area contributed by atoms with Gasteiger partial charge in [0.1, 0.15) is 5.82 Å². The van der Waals surface area contributed by atoms with E-state index in [-0.39, 0.29) is 5.91 Å². The minimum absolute atomic E-state index is 0.0248. The van der Waals surface area contributed by atoms with E-state index in [1.165, 1.54) is 12.8 Å². The Morgan fingerprint density at radius 2 is 2.22 bits per heavy atom. The first-order valence-electron chi connectivity index (χ1n) is 8.79. The van der Waals surface area contributed by atoms with Gasteiger partial charge in [-0.2, -0.15) is 0 Å². The second-order valence-electron chi connectivity index (χ2n) is 7.79. The van der Waals surface area contributed by atoms with Gasteiger partial charge < -0.3 is 10.2 Å². The molecule has 0 atom stereocenters. The Balaban J connectivity index is 1.54. The van der Waals surface area contributed by atoms with E-state index in [2.05, 4.69) is 34.0 Å². The minimum atomic E-state index is -0.0248. The van der Waals surface area contributed by atoms with Crippen molar-refractivity contribution in [1.29, 1.82) is 0 Å². The number of likely N-dealkylation sites (tertiary alicyclic amines) is 1. The molecular formula is C18H28N4O. The Morgan fingerprint density at radius 1 is 1.43 bits per heavy atom. The standard InChI is InChI=1S/C18H28N4O/c1-13-20-11-15(16(21-13)14-5-6-14)17(23)19-8-10-22-9-4-7-18(2,3)12-22/h11,14H,4-10,12H2,1-3H3,(H,19,23). The van der Waals surface area contributed by atoms with Gasteiger partial charge in [-0.15, -0.1) is 0 Å². The lowest BCUT2D eigenvalue weighted by Gasteiger charge is -2.38. The summed E-state index contributed by atoms with van der Waals surface area (Å²) in [6.07, 6.45) is 6.51. The van der Waals surface area contributed by atoms with Crippen LogP contribution in [-0.4, -0.2) is 47.0 Å². The van der Waals surface area contributed by atoms with Crippen LogP contribution < -0.4 is 5.32 Å². The zero-order valence-corrected chi connectivity index (χ0v) is 14.6. The predicted molar refractivity (Wildman–Crippen MR) is 90.5 cm³/mol. The molecule has 0 unspecified atom stereocenters. The number of nitrogens with one attached hydrogen (secondary N) is 1. The van der Waals surface area contributed by atoms with Gasteiger partial charge in [0, 0.05) is 31.7 Å². The van der Waals surface area contributed by atoms with Crippen LogP contribution >= 0.6 is 0 Å². The first-order chi connectivity index (χ1) is 10.9. The van der Waals surface area contributed by atoms with Crippen LogP contribution in [-0.2, 0) is 0 Å². The Labute approximate surface area is 138 Å². The van der Waals surface area contributed by atoms with Crippen molar-refractivity contribution >= 4 is 5.91 Å². The lowest BCUT2D eigenvalue weighted by Crippen LogP contribution is -2.43. The van der Waals surface area contributed by atoms with Gasteiger partial charge in [-0.25, -0.2) is 9.97 Å². The summed E-state index contributed by atoms with van der Waals surface area (Å²) in [6, 6.07) is 0. The van der Waals surface area contributed by atoms with Crippen molar-refractivity contribution in [3.63, 3.8) is 0 Å². The highest BCUT2D eigenvalue weighted by atomic mass is 16.1. The van der Waals surface area contributed by atoms with Crippen molar-refractivity contribution in [2.45, 2.75) is 52.4 Å². The Morgan fingerprint density at radius 3 is 2.91 bits per heavy atom.